The number of sulfone groups is 1. The van der Waals surface area contributed by atoms with Gasteiger partial charge in [-0.2, -0.15) is 0 Å². The monoisotopic (exact) mass is 261 g/mol. The summed E-state index contributed by atoms with van der Waals surface area (Å²) < 4.78 is 41.7. The third kappa shape index (κ3) is 4.07. The van der Waals surface area contributed by atoms with E-state index in [1.807, 2.05) is 0 Å². The second kappa shape index (κ2) is 6.09. The number of ether oxygens (including phenoxy) is 1. The van der Waals surface area contributed by atoms with Crippen molar-refractivity contribution >= 4 is 9.84 Å². The summed E-state index contributed by atoms with van der Waals surface area (Å²) in [6.07, 6.45) is -0.532. The van der Waals surface area contributed by atoms with Gasteiger partial charge in [-0.15, -0.1) is 0 Å². The second-order valence-electron chi connectivity index (χ2n) is 3.55. The largest absolute Gasteiger partial charge is 0.376 e. The van der Waals surface area contributed by atoms with Gasteiger partial charge in [0.15, 0.2) is 9.84 Å². The molecule has 0 spiro atoms. The summed E-state index contributed by atoms with van der Waals surface area (Å²) in [5.74, 6) is -0.660. The number of halogens is 1. The van der Waals surface area contributed by atoms with Crippen LogP contribution in [0.4, 0.5) is 4.39 Å². The van der Waals surface area contributed by atoms with Crippen LogP contribution < -0.4 is 5.73 Å². The lowest BCUT2D eigenvalue weighted by molar-refractivity contribution is 0.0846. The molecule has 0 amide bonds. The normalized spacial score (nSPS) is 13.6. The van der Waals surface area contributed by atoms with Crippen molar-refractivity contribution in [3.8, 4) is 0 Å². The average Bonchev–Trinajstić information content (AvgIpc) is 2.28. The van der Waals surface area contributed by atoms with E-state index in [0.29, 0.717) is 6.61 Å². The summed E-state index contributed by atoms with van der Waals surface area (Å²) in [6, 6.07) is 4.71. The van der Waals surface area contributed by atoms with Gasteiger partial charge in [-0.3, -0.25) is 0 Å². The van der Waals surface area contributed by atoms with Crippen LogP contribution in [0.15, 0.2) is 29.2 Å². The smallest absolute Gasteiger partial charge is 0.180 e. The van der Waals surface area contributed by atoms with E-state index in [9.17, 15) is 12.8 Å². The topological polar surface area (TPSA) is 69.4 Å². The molecule has 96 valence electrons. The van der Waals surface area contributed by atoms with Crippen molar-refractivity contribution in [2.75, 3.05) is 18.9 Å². The summed E-state index contributed by atoms with van der Waals surface area (Å²) in [7, 11) is -3.48. The van der Waals surface area contributed by atoms with E-state index in [2.05, 4.69) is 0 Å². The molecule has 0 aromatic heterocycles. The standard InChI is InChI=1S/C11H16FNO3S/c1-2-16-10(7-13)8-17(14,15)11-5-3-9(12)4-6-11/h3-6,10H,2,7-8,13H2,1H3. The number of rotatable bonds is 6. The van der Waals surface area contributed by atoms with Gasteiger partial charge in [0.05, 0.1) is 16.8 Å². The lowest BCUT2D eigenvalue weighted by Crippen LogP contribution is -2.31. The third-order valence-electron chi connectivity index (χ3n) is 2.24. The van der Waals surface area contributed by atoms with E-state index in [-0.39, 0.29) is 17.2 Å². The first kappa shape index (κ1) is 14.1. The Morgan fingerprint density at radius 2 is 1.94 bits per heavy atom. The summed E-state index contributed by atoms with van der Waals surface area (Å²) in [5.41, 5.74) is 5.42. The number of nitrogens with two attached hydrogens (primary N) is 1. The molecule has 0 aliphatic carbocycles. The fraction of sp³-hybridized carbons (Fsp3) is 0.455. The maximum absolute atomic E-state index is 12.7. The predicted molar refractivity (Wildman–Crippen MR) is 62.9 cm³/mol. The molecule has 1 aromatic rings. The first-order valence-electron chi connectivity index (χ1n) is 5.29. The highest BCUT2D eigenvalue weighted by Gasteiger charge is 2.20. The van der Waals surface area contributed by atoms with Gasteiger partial charge in [-0.25, -0.2) is 12.8 Å². The SMILES string of the molecule is CCOC(CN)CS(=O)(=O)c1ccc(F)cc1. The van der Waals surface area contributed by atoms with Crippen molar-refractivity contribution in [3.63, 3.8) is 0 Å². The van der Waals surface area contributed by atoms with Crippen LogP contribution >= 0.6 is 0 Å². The average molecular weight is 261 g/mol. The molecule has 0 saturated heterocycles. The highest BCUT2D eigenvalue weighted by molar-refractivity contribution is 7.91. The van der Waals surface area contributed by atoms with Gasteiger partial charge in [0.2, 0.25) is 0 Å². The second-order valence-corrected chi connectivity index (χ2v) is 5.58. The van der Waals surface area contributed by atoms with Gasteiger partial charge in [0.1, 0.15) is 5.82 Å². The van der Waals surface area contributed by atoms with Crippen molar-refractivity contribution in [2.45, 2.75) is 17.9 Å². The highest BCUT2D eigenvalue weighted by atomic mass is 32.2. The zero-order chi connectivity index (χ0) is 12.9. The Hall–Kier alpha value is -0.980. The zero-order valence-corrected chi connectivity index (χ0v) is 10.4. The van der Waals surface area contributed by atoms with Crippen LogP contribution in [0.2, 0.25) is 0 Å². The molecule has 6 heteroatoms. The maximum atomic E-state index is 12.7. The molecule has 0 saturated carbocycles. The number of hydrogen-bond acceptors (Lipinski definition) is 4. The fourth-order valence-corrected chi connectivity index (χ4v) is 2.87. The molecule has 0 aliphatic rings. The van der Waals surface area contributed by atoms with E-state index in [4.69, 9.17) is 10.5 Å². The Balaban J connectivity index is 2.84. The van der Waals surface area contributed by atoms with Crippen molar-refractivity contribution < 1.29 is 17.5 Å². The Morgan fingerprint density at radius 1 is 1.35 bits per heavy atom. The molecule has 17 heavy (non-hydrogen) atoms. The Morgan fingerprint density at radius 3 is 2.41 bits per heavy atom. The maximum Gasteiger partial charge on any atom is 0.180 e. The lowest BCUT2D eigenvalue weighted by Gasteiger charge is -2.14. The molecule has 0 aliphatic heterocycles. The van der Waals surface area contributed by atoms with Gasteiger partial charge in [0, 0.05) is 13.2 Å². The fourth-order valence-electron chi connectivity index (χ4n) is 1.40. The van der Waals surface area contributed by atoms with Gasteiger partial charge in [-0.05, 0) is 31.2 Å². The van der Waals surface area contributed by atoms with E-state index in [1.54, 1.807) is 6.92 Å². The van der Waals surface area contributed by atoms with Gasteiger partial charge in [0.25, 0.3) is 0 Å². The van der Waals surface area contributed by atoms with Crippen LogP contribution in [0.25, 0.3) is 0 Å². The summed E-state index contributed by atoms with van der Waals surface area (Å²) in [6.45, 7) is 2.31. The van der Waals surface area contributed by atoms with Crippen LogP contribution in [0, 0.1) is 5.82 Å². The van der Waals surface area contributed by atoms with Gasteiger partial charge in [-0.1, -0.05) is 0 Å². The molecule has 2 N–H and O–H groups in total. The molecular formula is C11H16FNO3S. The quantitative estimate of drug-likeness (QED) is 0.774. The van der Waals surface area contributed by atoms with Crippen molar-refractivity contribution in [1.29, 1.82) is 0 Å². The van der Waals surface area contributed by atoms with Crippen molar-refractivity contribution in [2.24, 2.45) is 5.73 Å². The first-order chi connectivity index (χ1) is 7.99. The number of hydrogen-bond donors (Lipinski definition) is 1. The number of benzene rings is 1. The highest BCUT2D eigenvalue weighted by Crippen LogP contribution is 2.13. The zero-order valence-electron chi connectivity index (χ0n) is 9.60. The van der Waals surface area contributed by atoms with Crippen LogP contribution in [0.1, 0.15) is 6.92 Å². The summed E-state index contributed by atoms with van der Waals surface area (Å²) >= 11 is 0. The molecule has 0 fully saturated rings. The van der Waals surface area contributed by atoms with Crippen LogP contribution in [-0.4, -0.2) is 33.4 Å². The van der Waals surface area contributed by atoms with Crippen molar-refractivity contribution in [3.05, 3.63) is 30.1 Å². The molecular weight excluding hydrogens is 245 g/mol. The van der Waals surface area contributed by atoms with E-state index < -0.39 is 21.8 Å². The lowest BCUT2D eigenvalue weighted by atomic mass is 10.3. The molecule has 4 nitrogen and oxygen atoms in total. The molecule has 1 atom stereocenters. The van der Waals surface area contributed by atoms with Crippen LogP contribution in [0.5, 0.6) is 0 Å². The Labute approximate surface area is 101 Å². The molecule has 1 aromatic carbocycles. The van der Waals surface area contributed by atoms with Crippen LogP contribution in [-0.2, 0) is 14.6 Å². The predicted octanol–water partition coefficient (Wildman–Crippen LogP) is 0.963. The summed E-state index contributed by atoms with van der Waals surface area (Å²) in [5, 5.41) is 0. The third-order valence-corrected chi connectivity index (χ3v) is 4.04. The molecule has 0 bridgehead atoms. The minimum absolute atomic E-state index is 0.0806. The van der Waals surface area contributed by atoms with E-state index in [0.717, 1.165) is 12.1 Å². The van der Waals surface area contributed by atoms with Gasteiger partial charge >= 0.3 is 0 Å². The minimum Gasteiger partial charge on any atom is -0.376 e. The molecule has 0 heterocycles. The van der Waals surface area contributed by atoms with E-state index >= 15 is 0 Å². The summed E-state index contributed by atoms with van der Waals surface area (Å²) in [4.78, 5) is 0.0806. The molecule has 1 unspecified atom stereocenters. The van der Waals surface area contributed by atoms with Crippen molar-refractivity contribution in [1.82, 2.24) is 0 Å². The molecule has 0 radical (unpaired) electrons. The van der Waals surface area contributed by atoms with Crippen LogP contribution in [0.3, 0.4) is 0 Å². The Kier molecular flexibility index (Phi) is 5.04. The van der Waals surface area contributed by atoms with E-state index in [1.165, 1.54) is 12.1 Å². The first-order valence-corrected chi connectivity index (χ1v) is 6.94. The minimum atomic E-state index is -3.48. The molecule has 1 rings (SSSR count). The Bertz CT molecular complexity index is 444. The van der Waals surface area contributed by atoms with Gasteiger partial charge < -0.3 is 10.5 Å².